The second-order valence-electron chi connectivity index (χ2n) is 4.65. The van der Waals surface area contributed by atoms with Gasteiger partial charge in [-0.2, -0.15) is 0 Å². The van der Waals surface area contributed by atoms with Crippen molar-refractivity contribution in [2.45, 2.75) is 13.1 Å². The van der Waals surface area contributed by atoms with Crippen molar-refractivity contribution in [1.29, 1.82) is 0 Å². The van der Waals surface area contributed by atoms with Gasteiger partial charge < -0.3 is 15.4 Å². The average Bonchev–Trinajstić information content (AvgIpc) is 2.47. The van der Waals surface area contributed by atoms with Crippen LogP contribution in [-0.4, -0.2) is 14.2 Å². The van der Waals surface area contributed by atoms with Crippen LogP contribution in [-0.2, 0) is 13.1 Å². The highest BCUT2D eigenvalue weighted by Crippen LogP contribution is 2.26. The highest BCUT2D eigenvalue weighted by molar-refractivity contribution is 6.31. The van der Waals surface area contributed by atoms with E-state index >= 15 is 0 Å². The molecule has 4 heteroatoms. The van der Waals surface area contributed by atoms with E-state index in [-0.39, 0.29) is 0 Å². The zero-order valence-electron chi connectivity index (χ0n) is 11.8. The van der Waals surface area contributed by atoms with E-state index in [1.807, 2.05) is 43.4 Å². The summed E-state index contributed by atoms with van der Waals surface area (Å²) in [6.07, 6.45) is 0. The molecule has 0 aliphatic carbocycles. The minimum atomic E-state index is 0.454. The van der Waals surface area contributed by atoms with E-state index < -0.39 is 0 Å². The van der Waals surface area contributed by atoms with Crippen molar-refractivity contribution in [3.8, 4) is 5.75 Å². The van der Waals surface area contributed by atoms with E-state index in [1.54, 1.807) is 7.11 Å². The zero-order chi connectivity index (χ0) is 14.5. The summed E-state index contributed by atoms with van der Waals surface area (Å²) < 4.78 is 5.37. The Hall–Kier alpha value is -1.71. The van der Waals surface area contributed by atoms with Crippen LogP contribution < -0.4 is 15.4 Å². The van der Waals surface area contributed by atoms with Gasteiger partial charge in [-0.25, -0.2) is 0 Å². The summed E-state index contributed by atoms with van der Waals surface area (Å²) >= 11 is 6.20. The van der Waals surface area contributed by atoms with Crippen LogP contribution in [0.1, 0.15) is 11.1 Å². The van der Waals surface area contributed by atoms with E-state index in [1.165, 1.54) is 0 Å². The smallest absolute Gasteiger partial charge is 0.123 e. The van der Waals surface area contributed by atoms with Crippen LogP contribution >= 0.6 is 11.6 Å². The number of para-hydroxylation sites is 1. The Morgan fingerprint density at radius 1 is 1.15 bits per heavy atom. The first-order valence-corrected chi connectivity index (χ1v) is 6.85. The largest absolute Gasteiger partial charge is 0.496 e. The van der Waals surface area contributed by atoms with Crippen molar-refractivity contribution in [3.63, 3.8) is 0 Å². The lowest BCUT2D eigenvalue weighted by atomic mass is 10.1. The molecule has 2 aromatic carbocycles. The quantitative estimate of drug-likeness (QED) is 0.917. The highest BCUT2D eigenvalue weighted by Gasteiger charge is 2.08. The van der Waals surface area contributed by atoms with Gasteiger partial charge in [0.05, 0.1) is 7.11 Å². The number of nitrogens with two attached hydrogens (primary N) is 1. The summed E-state index contributed by atoms with van der Waals surface area (Å²) in [5.41, 5.74) is 8.77. The van der Waals surface area contributed by atoms with E-state index in [2.05, 4.69) is 11.0 Å². The molecule has 0 spiro atoms. The Labute approximate surface area is 124 Å². The lowest BCUT2D eigenvalue weighted by molar-refractivity contribution is 0.409. The number of ether oxygens (including phenoxy) is 1. The van der Waals surface area contributed by atoms with Gasteiger partial charge in [-0.1, -0.05) is 35.9 Å². The first-order valence-electron chi connectivity index (χ1n) is 6.47. The summed E-state index contributed by atoms with van der Waals surface area (Å²) in [7, 11) is 3.71. The molecule has 0 heterocycles. The van der Waals surface area contributed by atoms with Crippen LogP contribution in [0.25, 0.3) is 0 Å². The van der Waals surface area contributed by atoms with Crippen LogP contribution in [0.2, 0.25) is 5.02 Å². The topological polar surface area (TPSA) is 38.5 Å². The summed E-state index contributed by atoms with van der Waals surface area (Å²) in [4.78, 5) is 2.13. The maximum atomic E-state index is 6.20. The molecular formula is C16H19ClN2O. The van der Waals surface area contributed by atoms with Gasteiger partial charge in [-0.3, -0.25) is 0 Å². The first-order chi connectivity index (χ1) is 9.65. The molecule has 0 fully saturated rings. The lowest BCUT2D eigenvalue weighted by Gasteiger charge is -2.21. The maximum absolute atomic E-state index is 6.20. The fourth-order valence-electron chi connectivity index (χ4n) is 2.12. The minimum absolute atomic E-state index is 0.454. The second-order valence-corrected chi connectivity index (χ2v) is 5.05. The predicted molar refractivity (Wildman–Crippen MR) is 84.4 cm³/mol. The van der Waals surface area contributed by atoms with Crippen LogP contribution in [0.4, 0.5) is 5.69 Å². The summed E-state index contributed by atoms with van der Waals surface area (Å²) in [6, 6.07) is 13.9. The third-order valence-corrected chi connectivity index (χ3v) is 3.65. The summed E-state index contributed by atoms with van der Waals surface area (Å²) in [5.74, 6) is 0.893. The molecule has 0 aliphatic heterocycles. The molecule has 0 aliphatic rings. The van der Waals surface area contributed by atoms with E-state index in [4.69, 9.17) is 22.1 Å². The number of halogens is 1. The molecule has 2 aromatic rings. The van der Waals surface area contributed by atoms with Gasteiger partial charge >= 0.3 is 0 Å². The van der Waals surface area contributed by atoms with Gasteiger partial charge in [0, 0.05) is 36.4 Å². The molecule has 2 N–H and O–H groups in total. The summed E-state index contributed by atoms with van der Waals surface area (Å²) in [6.45, 7) is 1.21. The van der Waals surface area contributed by atoms with Crippen molar-refractivity contribution in [2.75, 3.05) is 19.1 Å². The van der Waals surface area contributed by atoms with Crippen LogP contribution in [0, 0.1) is 0 Å². The highest BCUT2D eigenvalue weighted by atomic mass is 35.5. The Bertz CT molecular complexity index is 586. The van der Waals surface area contributed by atoms with Crippen molar-refractivity contribution in [2.24, 2.45) is 5.73 Å². The van der Waals surface area contributed by atoms with Crippen molar-refractivity contribution in [1.82, 2.24) is 0 Å². The summed E-state index contributed by atoms with van der Waals surface area (Å²) in [5, 5.41) is 0.705. The fraction of sp³-hybridized carbons (Fsp3) is 0.250. The van der Waals surface area contributed by atoms with Gasteiger partial charge in [0.2, 0.25) is 0 Å². The molecule has 0 radical (unpaired) electrons. The van der Waals surface area contributed by atoms with Crippen molar-refractivity contribution in [3.05, 3.63) is 58.6 Å². The lowest BCUT2D eigenvalue weighted by Crippen LogP contribution is -2.17. The molecule has 20 heavy (non-hydrogen) atoms. The Morgan fingerprint density at radius 2 is 1.90 bits per heavy atom. The molecule has 3 nitrogen and oxygen atoms in total. The number of hydrogen-bond donors (Lipinski definition) is 1. The molecule has 2 rings (SSSR count). The van der Waals surface area contributed by atoms with Crippen LogP contribution in [0.3, 0.4) is 0 Å². The fourth-order valence-corrected chi connectivity index (χ4v) is 2.37. The molecule has 0 bridgehead atoms. The zero-order valence-corrected chi connectivity index (χ0v) is 12.5. The molecule has 0 unspecified atom stereocenters. The molecule has 0 aromatic heterocycles. The Balaban J connectivity index is 2.19. The standard InChI is InChI=1S/C16H19ClN2O/c1-19(11-13-5-3-4-6-16(13)20-2)14-8-7-12(10-18)15(17)9-14/h3-9H,10-11,18H2,1-2H3. The van der Waals surface area contributed by atoms with Gasteiger partial charge in [-0.15, -0.1) is 0 Å². The minimum Gasteiger partial charge on any atom is -0.496 e. The molecule has 0 amide bonds. The molecule has 0 saturated carbocycles. The number of nitrogens with zero attached hydrogens (tertiary/aromatic N) is 1. The van der Waals surface area contributed by atoms with Gasteiger partial charge in [0.15, 0.2) is 0 Å². The Morgan fingerprint density at radius 3 is 2.55 bits per heavy atom. The maximum Gasteiger partial charge on any atom is 0.123 e. The van der Waals surface area contributed by atoms with Crippen molar-refractivity contribution >= 4 is 17.3 Å². The average molecular weight is 291 g/mol. The van der Waals surface area contributed by atoms with E-state index in [0.717, 1.165) is 29.1 Å². The molecule has 0 saturated heterocycles. The third-order valence-electron chi connectivity index (χ3n) is 3.30. The molecular weight excluding hydrogens is 272 g/mol. The number of anilines is 1. The van der Waals surface area contributed by atoms with Crippen molar-refractivity contribution < 1.29 is 4.74 Å². The third kappa shape index (κ3) is 3.24. The van der Waals surface area contributed by atoms with Gasteiger partial charge in [0.1, 0.15) is 5.75 Å². The van der Waals surface area contributed by atoms with Crippen LogP contribution in [0.15, 0.2) is 42.5 Å². The predicted octanol–water partition coefficient (Wildman–Crippen LogP) is 3.44. The van der Waals surface area contributed by atoms with Gasteiger partial charge in [0.25, 0.3) is 0 Å². The molecule has 106 valence electrons. The number of benzene rings is 2. The number of hydrogen-bond acceptors (Lipinski definition) is 3. The normalized spacial score (nSPS) is 10.4. The number of methoxy groups -OCH3 is 1. The monoisotopic (exact) mass is 290 g/mol. The van der Waals surface area contributed by atoms with E-state index in [0.29, 0.717) is 11.6 Å². The van der Waals surface area contributed by atoms with Crippen LogP contribution in [0.5, 0.6) is 5.75 Å². The van der Waals surface area contributed by atoms with E-state index in [9.17, 15) is 0 Å². The molecule has 0 atom stereocenters. The SMILES string of the molecule is COc1ccccc1CN(C)c1ccc(CN)c(Cl)c1. The first kappa shape index (κ1) is 14.7. The number of rotatable bonds is 5. The Kier molecular flexibility index (Phi) is 4.88. The second kappa shape index (κ2) is 6.64. The van der Waals surface area contributed by atoms with Gasteiger partial charge in [-0.05, 0) is 23.8 Å².